The standard InChI is InChI=1S/C55H56N8O12/c1-71-45-21-39-41(56-25-37-19-34-10-4-6-12-43(34)62(37)54(39)69)23-47(45)74-30-32-16-33(18-36(17-32)61-52(67)29-60-51(66)28-59-50(65)27-58-49(64)14-8-9-15-53(68)73-3)31-75-48-24-42-40(22-46(48)72-2)55(70)63-38(26-57-42)20-35-11-5-7-13-44(35)63/h4-7,10-13,16-18,21-25,37-38,57H,8-9,14-15,19-20,26-31H2,1-3H3,(H,58,64)(H,59,65)(H,60,66)(H,61,67)/t37?,38-/m0/s1. The van der Waals surface area contributed by atoms with Gasteiger partial charge in [-0.3, -0.25) is 43.5 Å². The first-order valence-electron chi connectivity index (χ1n) is 24.5. The first kappa shape index (κ1) is 51.0. The zero-order valence-corrected chi connectivity index (χ0v) is 41.6. The molecule has 5 N–H and O–H groups in total. The Hall–Kier alpha value is -8.94. The minimum Gasteiger partial charge on any atom is -0.493 e. The summed E-state index contributed by atoms with van der Waals surface area (Å²) in [6.07, 6.45) is 4.33. The number of hydrogen-bond acceptors (Lipinski definition) is 14. The molecule has 0 aromatic heterocycles. The van der Waals surface area contributed by atoms with E-state index < -0.39 is 30.8 Å². The normalized spacial score (nSPS) is 15.5. The van der Waals surface area contributed by atoms with Crippen LogP contribution in [0.4, 0.5) is 28.4 Å². The molecule has 20 heteroatoms. The van der Waals surface area contributed by atoms with Gasteiger partial charge in [0.1, 0.15) is 13.2 Å². The average Bonchev–Trinajstić information content (AvgIpc) is 3.92. The van der Waals surface area contributed by atoms with Crippen LogP contribution in [0.15, 0.2) is 96.0 Å². The molecule has 5 aromatic carbocycles. The number of rotatable bonds is 20. The lowest BCUT2D eigenvalue weighted by molar-refractivity contribution is -0.140. The SMILES string of the molecule is COC(=O)CCCCC(=O)NCC(=O)NCC(=O)NCC(=O)Nc1cc(COc2cc3c(cc2OC)C(=O)N2c4ccccc4CC2C=N3)cc(COc2cc3c(cc2OC)C(=O)N2c4ccccc4C[C@H]2CN3)c1. The predicted octanol–water partition coefficient (Wildman–Crippen LogP) is 5.17. The largest absolute Gasteiger partial charge is 0.493 e. The summed E-state index contributed by atoms with van der Waals surface area (Å²) >= 11 is 0. The van der Waals surface area contributed by atoms with Crippen LogP contribution in [0.1, 0.15) is 68.7 Å². The minimum atomic E-state index is -0.647. The number of nitrogens with one attached hydrogen (secondary N) is 5. The second kappa shape index (κ2) is 22.9. The number of unbranched alkanes of at least 4 members (excludes halogenated alkanes) is 1. The van der Waals surface area contributed by atoms with E-state index in [1.54, 1.807) is 47.5 Å². The van der Waals surface area contributed by atoms with E-state index in [1.807, 2.05) is 59.5 Å². The number of amides is 6. The van der Waals surface area contributed by atoms with Gasteiger partial charge >= 0.3 is 5.97 Å². The van der Waals surface area contributed by atoms with Gasteiger partial charge in [-0.25, -0.2) is 0 Å². The topological polar surface area (TPSA) is 245 Å². The molecule has 2 atom stereocenters. The molecule has 0 bridgehead atoms. The zero-order valence-electron chi connectivity index (χ0n) is 41.6. The molecule has 4 aliphatic rings. The monoisotopic (exact) mass is 1020 g/mol. The van der Waals surface area contributed by atoms with E-state index in [9.17, 15) is 33.6 Å². The Kier molecular flexibility index (Phi) is 15.5. The van der Waals surface area contributed by atoms with Crippen LogP contribution in [0.25, 0.3) is 0 Å². The summed E-state index contributed by atoms with van der Waals surface area (Å²) in [4.78, 5) is 98.1. The van der Waals surface area contributed by atoms with Crippen molar-refractivity contribution in [2.45, 2.75) is 63.8 Å². The number of anilines is 4. The Labute approximate surface area is 432 Å². The lowest BCUT2D eigenvalue weighted by Crippen LogP contribution is -2.43. The highest BCUT2D eigenvalue weighted by Gasteiger charge is 2.39. The highest BCUT2D eigenvalue weighted by Crippen LogP contribution is 2.43. The third-order valence-corrected chi connectivity index (χ3v) is 13.2. The maximum absolute atomic E-state index is 14.1. The second-order valence-corrected chi connectivity index (χ2v) is 18.2. The molecule has 6 amide bonds. The molecule has 9 rings (SSSR count). The van der Waals surface area contributed by atoms with Gasteiger partial charge in [0, 0.05) is 61.2 Å². The van der Waals surface area contributed by atoms with Crippen LogP contribution >= 0.6 is 0 Å². The summed E-state index contributed by atoms with van der Waals surface area (Å²) in [7, 11) is 4.27. The fraction of sp³-hybridized carbons (Fsp3) is 0.309. The molecular formula is C55H56N8O12. The van der Waals surface area contributed by atoms with Gasteiger partial charge < -0.3 is 55.2 Å². The third-order valence-electron chi connectivity index (χ3n) is 13.2. The first-order chi connectivity index (χ1) is 36.4. The van der Waals surface area contributed by atoms with Gasteiger partial charge in [0.25, 0.3) is 11.8 Å². The maximum Gasteiger partial charge on any atom is 0.305 e. The minimum absolute atomic E-state index is 0.0198. The molecule has 75 heavy (non-hydrogen) atoms. The van der Waals surface area contributed by atoms with E-state index >= 15 is 0 Å². The number of para-hydroxylation sites is 2. The summed E-state index contributed by atoms with van der Waals surface area (Å²) in [6, 6.07) is 27.3. The number of ether oxygens (including phenoxy) is 5. The summed E-state index contributed by atoms with van der Waals surface area (Å²) in [5.74, 6) is -1.62. The number of methoxy groups -OCH3 is 3. The molecule has 388 valence electrons. The van der Waals surface area contributed by atoms with Gasteiger partial charge in [0.05, 0.1) is 75.5 Å². The van der Waals surface area contributed by atoms with Crippen LogP contribution in [0.2, 0.25) is 0 Å². The van der Waals surface area contributed by atoms with Crippen LogP contribution in [0.3, 0.4) is 0 Å². The molecule has 0 aliphatic carbocycles. The van der Waals surface area contributed by atoms with Gasteiger partial charge in [0.2, 0.25) is 23.6 Å². The number of benzene rings is 5. The van der Waals surface area contributed by atoms with Crippen molar-refractivity contribution < 1.29 is 57.2 Å². The van der Waals surface area contributed by atoms with Crippen LogP contribution in [-0.4, -0.2) is 107 Å². The quantitative estimate of drug-likeness (QED) is 0.0500. The van der Waals surface area contributed by atoms with E-state index in [1.165, 1.54) is 21.3 Å². The van der Waals surface area contributed by atoms with E-state index in [4.69, 9.17) is 23.9 Å². The highest BCUT2D eigenvalue weighted by atomic mass is 16.5. The molecule has 20 nitrogen and oxygen atoms in total. The van der Waals surface area contributed by atoms with E-state index in [2.05, 4.69) is 31.3 Å². The Morgan fingerprint density at radius 1 is 0.627 bits per heavy atom. The van der Waals surface area contributed by atoms with E-state index in [-0.39, 0.29) is 68.4 Å². The van der Waals surface area contributed by atoms with Gasteiger partial charge in [-0.05, 0) is 84.0 Å². The first-order valence-corrected chi connectivity index (χ1v) is 24.5. The zero-order chi connectivity index (χ0) is 52.6. The Bertz CT molecular complexity index is 3100. The van der Waals surface area contributed by atoms with E-state index in [0.717, 1.165) is 28.9 Å². The maximum atomic E-state index is 14.1. The van der Waals surface area contributed by atoms with Gasteiger partial charge in [-0.1, -0.05) is 36.4 Å². The molecule has 0 fully saturated rings. The number of fused-ring (bicyclic) bond motifs is 8. The van der Waals surface area contributed by atoms with Crippen molar-refractivity contribution in [1.82, 2.24) is 16.0 Å². The Balaban J connectivity index is 0.881. The van der Waals surface area contributed by atoms with E-state index in [0.29, 0.717) is 88.1 Å². The number of aliphatic imine (C=N–C) groups is 1. The van der Waals surface area contributed by atoms with Crippen molar-refractivity contribution in [3.63, 3.8) is 0 Å². The lowest BCUT2D eigenvalue weighted by atomic mass is 10.1. The molecule has 5 aromatic rings. The van der Waals surface area contributed by atoms with Crippen molar-refractivity contribution in [3.8, 4) is 23.0 Å². The molecule has 4 aliphatic heterocycles. The fourth-order valence-electron chi connectivity index (χ4n) is 9.54. The average molecular weight is 1020 g/mol. The number of carbonyl (C=O) groups is 7. The number of esters is 1. The molecule has 0 saturated heterocycles. The molecule has 0 spiro atoms. The Morgan fingerprint density at radius 2 is 1.20 bits per heavy atom. The van der Waals surface area contributed by atoms with Gasteiger partial charge in [0.15, 0.2) is 23.0 Å². The van der Waals surface area contributed by atoms with Crippen molar-refractivity contribution in [2.24, 2.45) is 4.99 Å². The lowest BCUT2D eigenvalue weighted by Gasteiger charge is -2.22. The van der Waals surface area contributed by atoms with Crippen molar-refractivity contribution in [2.75, 3.05) is 67.9 Å². The van der Waals surface area contributed by atoms with Gasteiger partial charge in [-0.2, -0.15) is 0 Å². The van der Waals surface area contributed by atoms with Crippen LogP contribution in [0, 0.1) is 0 Å². The smallest absolute Gasteiger partial charge is 0.305 e. The fourth-order valence-corrected chi connectivity index (χ4v) is 9.54. The number of hydrogen-bond donors (Lipinski definition) is 5. The van der Waals surface area contributed by atoms with Crippen molar-refractivity contribution in [3.05, 3.63) is 124 Å². The molecule has 0 saturated carbocycles. The predicted molar refractivity (Wildman–Crippen MR) is 277 cm³/mol. The summed E-state index contributed by atoms with van der Waals surface area (Å²) in [5.41, 5.74) is 7.26. The second-order valence-electron chi connectivity index (χ2n) is 18.2. The summed E-state index contributed by atoms with van der Waals surface area (Å²) < 4.78 is 28.9. The van der Waals surface area contributed by atoms with Gasteiger partial charge in [-0.15, -0.1) is 0 Å². The van der Waals surface area contributed by atoms with Crippen LogP contribution in [0.5, 0.6) is 23.0 Å². The molecule has 1 unspecified atom stereocenters. The molecule has 4 heterocycles. The highest BCUT2D eigenvalue weighted by molar-refractivity contribution is 6.15. The molecule has 0 radical (unpaired) electrons. The van der Waals surface area contributed by atoms with Crippen molar-refractivity contribution in [1.29, 1.82) is 0 Å². The summed E-state index contributed by atoms with van der Waals surface area (Å²) in [6.45, 7) is -0.785. The summed E-state index contributed by atoms with van der Waals surface area (Å²) in [5, 5.41) is 13.6. The third kappa shape index (κ3) is 11.6. The molecular weight excluding hydrogens is 965 g/mol. The number of carbonyl (C=O) groups excluding carboxylic acids is 7. The van der Waals surface area contributed by atoms with Crippen LogP contribution in [-0.2, 0) is 54.8 Å². The Morgan fingerprint density at radius 3 is 1.87 bits per heavy atom. The number of nitrogens with zero attached hydrogens (tertiary/aromatic N) is 3. The van der Waals surface area contributed by atoms with Crippen LogP contribution < -0.4 is 55.3 Å². The van der Waals surface area contributed by atoms with Crippen molar-refractivity contribution >= 4 is 76.1 Å².